The van der Waals surface area contributed by atoms with Gasteiger partial charge in [-0.2, -0.15) is 0 Å². The van der Waals surface area contributed by atoms with Crippen LogP contribution in [-0.2, 0) is 6.42 Å². The van der Waals surface area contributed by atoms with Crippen molar-refractivity contribution in [2.45, 2.75) is 24.8 Å². The first-order valence-corrected chi connectivity index (χ1v) is 8.02. The summed E-state index contributed by atoms with van der Waals surface area (Å²) in [6, 6.07) is 15.2. The fourth-order valence-electron chi connectivity index (χ4n) is 3.47. The first kappa shape index (κ1) is 14.9. The van der Waals surface area contributed by atoms with E-state index in [1.807, 2.05) is 12.1 Å². The number of aryl methyl sites for hydroxylation is 1. The van der Waals surface area contributed by atoms with Crippen molar-refractivity contribution in [1.82, 2.24) is 4.90 Å². The zero-order chi connectivity index (χ0) is 15.0. The second-order valence-electron chi connectivity index (χ2n) is 5.93. The maximum absolute atomic E-state index is 6.22. The van der Waals surface area contributed by atoms with Gasteiger partial charge in [-0.3, -0.25) is 0 Å². The van der Waals surface area contributed by atoms with Gasteiger partial charge in [0, 0.05) is 12.0 Å². The Morgan fingerprint density at radius 1 is 1.00 bits per heavy atom. The Balaban J connectivity index is 2.04. The number of fused-ring (bicyclic) bond motifs is 1. The molecule has 0 fully saturated rings. The van der Waals surface area contributed by atoms with Crippen LogP contribution in [0.3, 0.4) is 0 Å². The van der Waals surface area contributed by atoms with Crippen LogP contribution in [0.2, 0.25) is 10.0 Å². The number of nitrogens with zero attached hydrogens (tertiary/aromatic N) is 1. The molecule has 0 amide bonds. The quantitative estimate of drug-likeness (QED) is 0.723. The third-order valence-electron chi connectivity index (χ3n) is 4.41. The molecule has 0 saturated heterocycles. The van der Waals surface area contributed by atoms with Crippen molar-refractivity contribution in [2.75, 3.05) is 14.1 Å². The highest BCUT2D eigenvalue weighted by atomic mass is 35.5. The summed E-state index contributed by atoms with van der Waals surface area (Å²) in [6.07, 6.45) is 2.25. The zero-order valence-electron chi connectivity index (χ0n) is 12.3. The van der Waals surface area contributed by atoms with E-state index in [-0.39, 0.29) is 0 Å². The fourth-order valence-corrected chi connectivity index (χ4v) is 3.77. The lowest BCUT2D eigenvalue weighted by Gasteiger charge is -2.38. The van der Waals surface area contributed by atoms with Gasteiger partial charge in [-0.15, -0.1) is 0 Å². The Morgan fingerprint density at radius 3 is 2.48 bits per heavy atom. The van der Waals surface area contributed by atoms with E-state index in [1.165, 1.54) is 16.7 Å². The number of hydrogen-bond donors (Lipinski definition) is 0. The van der Waals surface area contributed by atoms with Gasteiger partial charge in [0.1, 0.15) is 0 Å². The SMILES string of the molecule is CN(C)C1c2ccccc2CCC1c1ccc(Cl)c(Cl)c1. The summed E-state index contributed by atoms with van der Waals surface area (Å²) >= 11 is 12.3. The maximum atomic E-state index is 6.22. The Labute approximate surface area is 136 Å². The molecular weight excluding hydrogens is 301 g/mol. The standard InChI is InChI=1S/C18H19Cl2N/c1-21(2)18-14-6-4-3-5-12(14)7-9-15(18)13-8-10-16(19)17(20)11-13/h3-6,8,10-11,15,18H,7,9H2,1-2H3. The third kappa shape index (κ3) is 2.83. The first-order chi connectivity index (χ1) is 10.1. The molecule has 0 spiro atoms. The second kappa shape index (κ2) is 6.00. The summed E-state index contributed by atoms with van der Waals surface area (Å²) in [5, 5.41) is 1.27. The molecule has 1 nitrogen and oxygen atoms in total. The van der Waals surface area contributed by atoms with E-state index in [4.69, 9.17) is 23.2 Å². The molecule has 2 aromatic carbocycles. The molecule has 2 atom stereocenters. The predicted molar refractivity (Wildman–Crippen MR) is 90.4 cm³/mol. The Hall–Kier alpha value is -1.02. The molecule has 2 aromatic rings. The van der Waals surface area contributed by atoms with Crippen molar-refractivity contribution in [2.24, 2.45) is 0 Å². The van der Waals surface area contributed by atoms with Gasteiger partial charge < -0.3 is 4.90 Å². The third-order valence-corrected chi connectivity index (χ3v) is 5.15. The van der Waals surface area contributed by atoms with Crippen molar-refractivity contribution in [3.63, 3.8) is 0 Å². The van der Waals surface area contributed by atoms with Gasteiger partial charge in [0.2, 0.25) is 0 Å². The van der Waals surface area contributed by atoms with E-state index in [0.29, 0.717) is 22.0 Å². The Morgan fingerprint density at radius 2 is 1.76 bits per heavy atom. The summed E-state index contributed by atoms with van der Waals surface area (Å²) in [6.45, 7) is 0. The van der Waals surface area contributed by atoms with E-state index in [2.05, 4.69) is 49.3 Å². The minimum atomic E-state index is 0.382. The number of halogens is 2. The molecule has 0 aromatic heterocycles. The molecule has 2 unspecified atom stereocenters. The smallest absolute Gasteiger partial charge is 0.0595 e. The van der Waals surface area contributed by atoms with Crippen molar-refractivity contribution in [3.8, 4) is 0 Å². The van der Waals surface area contributed by atoms with E-state index in [9.17, 15) is 0 Å². The summed E-state index contributed by atoms with van der Waals surface area (Å²) in [4.78, 5) is 2.31. The summed E-state index contributed by atoms with van der Waals surface area (Å²) < 4.78 is 0. The molecule has 1 aliphatic carbocycles. The molecule has 0 radical (unpaired) electrons. The number of hydrogen-bond acceptors (Lipinski definition) is 1. The summed E-state index contributed by atoms with van der Waals surface area (Å²) in [5.74, 6) is 0.449. The molecule has 0 N–H and O–H groups in total. The van der Waals surface area contributed by atoms with Gasteiger partial charge in [-0.05, 0) is 55.8 Å². The molecule has 0 bridgehead atoms. The van der Waals surface area contributed by atoms with Gasteiger partial charge in [0.15, 0.2) is 0 Å². The van der Waals surface area contributed by atoms with E-state index in [1.54, 1.807) is 0 Å². The molecule has 3 rings (SSSR count). The van der Waals surface area contributed by atoms with Gasteiger partial charge in [-0.25, -0.2) is 0 Å². The van der Waals surface area contributed by atoms with Crippen molar-refractivity contribution >= 4 is 23.2 Å². The fraction of sp³-hybridized carbons (Fsp3) is 0.333. The monoisotopic (exact) mass is 319 g/mol. The van der Waals surface area contributed by atoms with Crippen LogP contribution in [0.5, 0.6) is 0 Å². The van der Waals surface area contributed by atoms with E-state index < -0.39 is 0 Å². The van der Waals surface area contributed by atoms with E-state index >= 15 is 0 Å². The zero-order valence-corrected chi connectivity index (χ0v) is 13.8. The molecule has 0 aliphatic heterocycles. The van der Waals surface area contributed by atoms with Gasteiger partial charge in [0.25, 0.3) is 0 Å². The minimum absolute atomic E-state index is 0.382. The lowest BCUT2D eigenvalue weighted by Crippen LogP contribution is -2.30. The topological polar surface area (TPSA) is 3.24 Å². The summed E-state index contributed by atoms with van der Waals surface area (Å²) in [7, 11) is 4.30. The molecule has 1 aliphatic rings. The number of benzene rings is 2. The molecule has 0 saturated carbocycles. The molecular formula is C18H19Cl2N. The number of rotatable bonds is 2. The highest BCUT2D eigenvalue weighted by Crippen LogP contribution is 2.44. The van der Waals surface area contributed by atoms with Crippen LogP contribution in [0.15, 0.2) is 42.5 Å². The van der Waals surface area contributed by atoms with Crippen molar-refractivity contribution in [1.29, 1.82) is 0 Å². The average Bonchev–Trinajstić information content (AvgIpc) is 2.48. The van der Waals surface area contributed by atoms with Crippen LogP contribution in [-0.4, -0.2) is 19.0 Å². The van der Waals surface area contributed by atoms with Crippen LogP contribution in [0.4, 0.5) is 0 Å². The molecule has 110 valence electrons. The Bertz CT molecular complexity index is 651. The van der Waals surface area contributed by atoms with Gasteiger partial charge in [-0.1, -0.05) is 53.5 Å². The largest absolute Gasteiger partial charge is 0.302 e. The van der Waals surface area contributed by atoms with Crippen LogP contribution in [0.1, 0.15) is 35.1 Å². The van der Waals surface area contributed by atoms with Crippen LogP contribution in [0, 0.1) is 0 Å². The molecule has 21 heavy (non-hydrogen) atoms. The minimum Gasteiger partial charge on any atom is -0.302 e. The highest BCUT2D eigenvalue weighted by molar-refractivity contribution is 6.42. The van der Waals surface area contributed by atoms with Crippen LogP contribution < -0.4 is 0 Å². The normalized spacial score (nSPS) is 21.4. The molecule has 3 heteroatoms. The lowest BCUT2D eigenvalue weighted by molar-refractivity contribution is 0.237. The highest BCUT2D eigenvalue weighted by Gasteiger charge is 2.32. The maximum Gasteiger partial charge on any atom is 0.0595 e. The Kier molecular flexibility index (Phi) is 4.26. The van der Waals surface area contributed by atoms with Gasteiger partial charge in [0.05, 0.1) is 10.0 Å². The summed E-state index contributed by atoms with van der Waals surface area (Å²) in [5.41, 5.74) is 4.18. The van der Waals surface area contributed by atoms with E-state index in [0.717, 1.165) is 12.8 Å². The average molecular weight is 320 g/mol. The van der Waals surface area contributed by atoms with Crippen molar-refractivity contribution < 1.29 is 0 Å². The second-order valence-corrected chi connectivity index (χ2v) is 6.74. The van der Waals surface area contributed by atoms with Gasteiger partial charge >= 0.3 is 0 Å². The molecule has 0 heterocycles. The van der Waals surface area contributed by atoms with Crippen LogP contribution >= 0.6 is 23.2 Å². The predicted octanol–water partition coefficient (Wildman–Crippen LogP) is 5.33. The van der Waals surface area contributed by atoms with Crippen LogP contribution in [0.25, 0.3) is 0 Å². The van der Waals surface area contributed by atoms with Crippen molar-refractivity contribution in [3.05, 3.63) is 69.2 Å². The lowest BCUT2D eigenvalue weighted by atomic mass is 9.76. The first-order valence-electron chi connectivity index (χ1n) is 7.27. The number of likely N-dealkylation sites (N-methyl/N-ethyl adjacent to an activating group) is 1.